The minimum Gasteiger partial charge on any atom is -0.384 e. The molecule has 0 N–H and O–H groups in total. The van der Waals surface area contributed by atoms with Gasteiger partial charge in [-0.15, -0.1) is 0 Å². The molecule has 0 radical (unpaired) electrons. The molecule has 0 bridgehead atoms. The average molecular weight is 275 g/mol. The minimum atomic E-state index is -0.344. The SMILES string of the molecule is COCC1CCN(C(=O)C(C)(C)Cc2ccccc2)C1. The molecule has 110 valence electrons. The highest BCUT2D eigenvalue weighted by Crippen LogP contribution is 2.28. The molecule has 3 heteroatoms. The number of carbonyl (C=O) groups is 1. The van der Waals surface area contributed by atoms with Crippen molar-refractivity contribution in [3.63, 3.8) is 0 Å². The Balaban J connectivity index is 1.97. The predicted octanol–water partition coefficient (Wildman–Crippen LogP) is 2.75. The van der Waals surface area contributed by atoms with Gasteiger partial charge < -0.3 is 9.64 Å². The van der Waals surface area contributed by atoms with Crippen LogP contribution in [0.3, 0.4) is 0 Å². The van der Waals surface area contributed by atoms with Gasteiger partial charge in [0, 0.05) is 31.5 Å². The van der Waals surface area contributed by atoms with Crippen LogP contribution >= 0.6 is 0 Å². The molecule has 3 nitrogen and oxygen atoms in total. The quantitative estimate of drug-likeness (QED) is 0.827. The minimum absolute atomic E-state index is 0.264. The maximum absolute atomic E-state index is 12.7. The lowest BCUT2D eigenvalue weighted by atomic mass is 9.84. The van der Waals surface area contributed by atoms with Crippen LogP contribution in [0.4, 0.5) is 0 Å². The van der Waals surface area contributed by atoms with Gasteiger partial charge in [0.2, 0.25) is 5.91 Å². The molecule has 1 unspecified atom stereocenters. The number of hydrogen-bond donors (Lipinski definition) is 0. The van der Waals surface area contributed by atoms with Crippen molar-refractivity contribution in [2.75, 3.05) is 26.8 Å². The molecule has 1 saturated heterocycles. The van der Waals surface area contributed by atoms with E-state index in [2.05, 4.69) is 12.1 Å². The van der Waals surface area contributed by atoms with E-state index in [1.165, 1.54) is 5.56 Å². The number of nitrogens with zero attached hydrogens (tertiary/aromatic N) is 1. The topological polar surface area (TPSA) is 29.5 Å². The highest BCUT2D eigenvalue weighted by molar-refractivity contribution is 5.82. The number of likely N-dealkylation sites (tertiary alicyclic amines) is 1. The van der Waals surface area contributed by atoms with Crippen molar-refractivity contribution >= 4 is 5.91 Å². The van der Waals surface area contributed by atoms with Gasteiger partial charge in [-0.3, -0.25) is 4.79 Å². The van der Waals surface area contributed by atoms with E-state index in [1.807, 2.05) is 36.9 Å². The molecule has 0 saturated carbocycles. The summed E-state index contributed by atoms with van der Waals surface area (Å²) in [6.45, 7) is 6.55. The molecule has 1 amide bonds. The third-order valence-corrected chi connectivity index (χ3v) is 4.04. The molecular formula is C17H25NO2. The first-order chi connectivity index (χ1) is 9.53. The predicted molar refractivity (Wildman–Crippen MR) is 80.5 cm³/mol. The summed E-state index contributed by atoms with van der Waals surface area (Å²) in [7, 11) is 1.73. The largest absolute Gasteiger partial charge is 0.384 e. The lowest BCUT2D eigenvalue weighted by molar-refractivity contribution is -0.139. The van der Waals surface area contributed by atoms with Gasteiger partial charge in [0.05, 0.1) is 6.61 Å². The lowest BCUT2D eigenvalue weighted by Crippen LogP contribution is -2.41. The molecule has 1 aliphatic heterocycles. The van der Waals surface area contributed by atoms with E-state index in [4.69, 9.17) is 4.74 Å². The summed E-state index contributed by atoms with van der Waals surface area (Å²) in [4.78, 5) is 14.7. The van der Waals surface area contributed by atoms with Crippen molar-refractivity contribution < 1.29 is 9.53 Å². The Bertz CT molecular complexity index is 442. The van der Waals surface area contributed by atoms with Crippen molar-refractivity contribution in [2.45, 2.75) is 26.7 Å². The van der Waals surface area contributed by atoms with Crippen molar-refractivity contribution in [1.82, 2.24) is 4.90 Å². The number of rotatable bonds is 5. The normalized spacial score (nSPS) is 19.4. The molecule has 0 spiro atoms. The van der Waals surface area contributed by atoms with Crippen molar-refractivity contribution in [1.29, 1.82) is 0 Å². The van der Waals surface area contributed by atoms with E-state index >= 15 is 0 Å². The number of methoxy groups -OCH3 is 1. The Morgan fingerprint density at radius 2 is 2.05 bits per heavy atom. The first-order valence-electron chi connectivity index (χ1n) is 7.35. The second kappa shape index (κ2) is 6.40. The van der Waals surface area contributed by atoms with E-state index in [0.29, 0.717) is 5.92 Å². The Morgan fingerprint density at radius 3 is 2.70 bits per heavy atom. The van der Waals surface area contributed by atoms with E-state index in [0.717, 1.165) is 32.5 Å². The fourth-order valence-corrected chi connectivity index (χ4v) is 3.00. The second-order valence-electron chi connectivity index (χ2n) is 6.41. The number of ether oxygens (including phenoxy) is 1. The Labute approximate surface area is 121 Å². The van der Waals surface area contributed by atoms with Crippen LogP contribution < -0.4 is 0 Å². The first kappa shape index (κ1) is 15.0. The van der Waals surface area contributed by atoms with Gasteiger partial charge in [0.15, 0.2) is 0 Å². The van der Waals surface area contributed by atoms with E-state index < -0.39 is 0 Å². The molecule has 1 heterocycles. The zero-order valence-electron chi connectivity index (χ0n) is 12.8. The van der Waals surface area contributed by atoms with Gasteiger partial charge in [-0.25, -0.2) is 0 Å². The zero-order chi connectivity index (χ0) is 14.6. The number of benzene rings is 1. The number of carbonyl (C=O) groups excluding carboxylic acids is 1. The molecule has 0 aliphatic carbocycles. The van der Waals surface area contributed by atoms with Crippen LogP contribution in [0.25, 0.3) is 0 Å². The summed E-state index contributed by atoms with van der Waals surface area (Å²) >= 11 is 0. The van der Waals surface area contributed by atoms with Gasteiger partial charge in [0.1, 0.15) is 0 Å². The molecule has 1 aromatic rings. The van der Waals surface area contributed by atoms with Crippen molar-refractivity contribution in [2.24, 2.45) is 11.3 Å². The van der Waals surface area contributed by atoms with Crippen LogP contribution in [0.15, 0.2) is 30.3 Å². The fourth-order valence-electron chi connectivity index (χ4n) is 3.00. The molecule has 1 aliphatic rings. The first-order valence-corrected chi connectivity index (χ1v) is 7.35. The van der Waals surface area contributed by atoms with Crippen LogP contribution in [-0.4, -0.2) is 37.6 Å². The highest BCUT2D eigenvalue weighted by Gasteiger charge is 2.35. The number of amides is 1. The van der Waals surface area contributed by atoms with E-state index in [1.54, 1.807) is 7.11 Å². The second-order valence-corrected chi connectivity index (χ2v) is 6.41. The third kappa shape index (κ3) is 3.60. The lowest BCUT2D eigenvalue weighted by Gasteiger charge is -2.29. The van der Waals surface area contributed by atoms with Gasteiger partial charge >= 0.3 is 0 Å². The standard InChI is InChI=1S/C17H25NO2/c1-17(2,11-14-7-5-4-6-8-14)16(19)18-10-9-15(12-18)13-20-3/h4-8,15H,9-13H2,1-3H3. The molecule has 2 rings (SSSR count). The third-order valence-electron chi connectivity index (χ3n) is 4.04. The Morgan fingerprint density at radius 1 is 1.35 bits per heavy atom. The summed E-state index contributed by atoms with van der Waals surface area (Å²) < 4.78 is 5.20. The summed E-state index contributed by atoms with van der Waals surface area (Å²) in [5, 5.41) is 0. The van der Waals surface area contributed by atoms with Crippen LogP contribution in [0.2, 0.25) is 0 Å². The summed E-state index contributed by atoms with van der Waals surface area (Å²) in [5.74, 6) is 0.761. The van der Waals surface area contributed by atoms with Gasteiger partial charge in [-0.05, 0) is 18.4 Å². The van der Waals surface area contributed by atoms with Gasteiger partial charge in [-0.2, -0.15) is 0 Å². The molecule has 0 aromatic heterocycles. The summed E-state index contributed by atoms with van der Waals surface area (Å²) in [5.41, 5.74) is 0.877. The van der Waals surface area contributed by atoms with Crippen molar-refractivity contribution in [3.8, 4) is 0 Å². The highest BCUT2D eigenvalue weighted by atomic mass is 16.5. The number of hydrogen-bond acceptors (Lipinski definition) is 2. The van der Waals surface area contributed by atoms with Crippen LogP contribution in [0.1, 0.15) is 25.8 Å². The molecule has 1 aromatic carbocycles. The van der Waals surface area contributed by atoms with Crippen LogP contribution in [0.5, 0.6) is 0 Å². The fraction of sp³-hybridized carbons (Fsp3) is 0.588. The van der Waals surface area contributed by atoms with Crippen LogP contribution in [-0.2, 0) is 16.0 Å². The molecule has 1 fully saturated rings. The van der Waals surface area contributed by atoms with Crippen molar-refractivity contribution in [3.05, 3.63) is 35.9 Å². The summed E-state index contributed by atoms with van der Waals surface area (Å²) in [6, 6.07) is 10.2. The Hall–Kier alpha value is -1.35. The van der Waals surface area contributed by atoms with Crippen LogP contribution in [0, 0.1) is 11.3 Å². The van der Waals surface area contributed by atoms with E-state index in [9.17, 15) is 4.79 Å². The molecule has 20 heavy (non-hydrogen) atoms. The molecule has 1 atom stereocenters. The van der Waals surface area contributed by atoms with E-state index in [-0.39, 0.29) is 11.3 Å². The average Bonchev–Trinajstić information content (AvgIpc) is 2.87. The van der Waals surface area contributed by atoms with Gasteiger partial charge in [0.25, 0.3) is 0 Å². The molecular weight excluding hydrogens is 250 g/mol. The smallest absolute Gasteiger partial charge is 0.228 e. The van der Waals surface area contributed by atoms with Gasteiger partial charge in [-0.1, -0.05) is 44.2 Å². The maximum Gasteiger partial charge on any atom is 0.228 e. The Kier molecular flexibility index (Phi) is 4.81. The monoisotopic (exact) mass is 275 g/mol. The summed E-state index contributed by atoms with van der Waals surface area (Å²) in [6.07, 6.45) is 1.85. The maximum atomic E-state index is 12.7. The zero-order valence-corrected chi connectivity index (χ0v) is 12.8.